The lowest BCUT2D eigenvalue weighted by Crippen LogP contribution is -2.46. The van der Waals surface area contributed by atoms with E-state index in [0.717, 1.165) is 17.5 Å². The Balaban J connectivity index is 1.57. The summed E-state index contributed by atoms with van der Waals surface area (Å²) in [5.74, 6) is -3.47. The maximum atomic E-state index is 15.1. The maximum absolute atomic E-state index is 15.1. The van der Waals surface area contributed by atoms with Crippen molar-refractivity contribution in [3.05, 3.63) is 71.8 Å². The molecule has 156 valence electrons. The molecule has 2 fully saturated rings. The molecule has 0 amide bonds. The van der Waals surface area contributed by atoms with E-state index in [1.807, 2.05) is 72.5 Å². The number of halogens is 2. The Morgan fingerprint density at radius 1 is 0.897 bits per heavy atom. The largest absolute Gasteiger partial charge is 0.369 e. The standard InChI is InChI=1S/C24H29F2NO2/c1-3-20-21(28-15-18-10-6-4-7-11-18)22(29-16-19-12-8-5-9-13-19)23-24(25,26)17(2)14-27(20)23/h4-13,17,20-23H,3,14-16H2,1-2H3/t17-,20+,21+,22-,23-/m1/s1. The highest BCUT2D eigenvalue weighted by Gasteiger charge is 2.65. The molecule has 3 nitrogen and oxygen atoms in total. The SMILES string of the molecule is CC[C@H]1[C@H](OCc2ccccc2)[C@@H](OCc2ccccc2)[C@H]2N1C[C@@H](C)C2(F)F. The molecule has 0 unspecified atom stereocenters. The molecule has 2 aromatic rings. The maximum Gasteiger partial charge on any atom is 0.269 e. The molecule has 2 heterocycles. The van der Waals surface area contributed by atoms with E-state index < -0.39 is 24.0 Å². The van der Waals surface area contributed by atoms with Gasteiger partial charge in [0.05, 0.1) is 13.2 Å². The van der Waals surface area contributed by atoms with Crippen molar-refractivity contribution < 1.29 is 18.3 Å². The summed E-state index contributed by atoms with van der Waals surface area (Å²) in [5, 5.41) is 0. The average Bonchev–Trinajstić information content (AvgIpc) is 3.16. The third-order valence-electron chi connectivity index (χ3n) is 6.32. The minimum absolute atomic E-state index is 0.0692. The first-order chi connectivity index (χ1) is 14.0. The highest BCUT2D eigenvalue weighted by Crippen LogP contribution is 2.48. The van der Waals surface area contributed by atoms with E-state index in [4.69, 9.17) is 9.47 Å². The van der Waals surface area contributed by atoms with Crippen LogP contribution in [-0.2, 0) is 22.7 Å². The third-order valence-corrected chi connectivity index (χ3v) is 6.32. The highest BCUT2D eigenvalue weighted by atomic mass is 19.3. The van der Waals surface area contributed by atoms with Crippen LogP contribution in [0.5, 0.6) is 0 Å². The van der Waals surface area contributed by atoms with Crippen LogP contribution in [0.25, 0.3) is 0 Å². The zero-order valence-electron chi connectivity index (χ0n) is 17.0. The van der Waals surface area contributed by atoms with Crippen LogP contribution in [0.15, 0.2) is 60.7 Å². The van der Waals surface area contributed by atoms with Gasteiger partial charge in [0.25, 0.3) is 5.92 Å². The third kappa shape index (κ3) is 3.96. The normalized spacial score (nSPS) is 31.1. The fourth-order valence-electron chi connectivity index (χ4n) is 4.79. The smallest absolute Gasteiger partial charge is 0.269 e. The van der Waals surface area contributed by atoms with Crippen LogP contribution in [0, 0.1) is 5.92 Å². The van der Waals surface area contributed by atoms with Crippen LogP contribution in [0.4, 0.5) is 8.78 Å². The second-order valence-electron chi connectivity index (χ2n) is 8.22. The van der Waals surface area contributed by atoms with Crippen molar-refractivity contribution in [1.82, 2.24) is 4.90 Å². The van der Waals surface area contributed by atoms with Gasteiger partial charge in [-0.25, -0.2) is 8.78 Å². The molecule has 29 heavy (non-hydrogen) atoms. The highest BCUT2D eigenvalue weighted by molar-refractivity contribution is 5.17. The summed E-state index contributed by atoms with van der Waals surface area (Å²) >= 11 is 0. The molecule has 5 heteroatoms. The van der Waals surface area contributed by atoms with E-state index >= 15 is 8.78 Å². The average molecular weight is 401 g/mol. The summed E-state index contributed by atoms with van der Waals surface area (Å²) in [6, 6.07) is 18.6. The van der Waals surface area contributed by atoms with Crippen LogP contribution in [0.2, 0.25) is 0 Å². The predicted molar refractivity (Wildman–Crippen MR) is 109 cm³/mol. The van der Waals surface area contributed by atoms with Gasteiger partial charge in [-0.05, 0) is 17.5 Å². The Bertz CT molecular complexity index is 786. The van der Waals surface area contributed by atoms with Gasteiger partial charge in [0.2, 0.25) is 0 Å². The van der Waals surface area contributed by atoms with Gasteiger partial charge in [-0.3, -0.25) is 4.90 Å². The quantitative estimate of drug-likeness (QED) is 0.658. The van der Waals surface area contributed by atoms with Crippen LogP contribution in [-0.4, -0.2) is 41.7 Å². The Morgan fingerprint density at radius 2 is 1.41 bits per heavy atom. The number of fused-ring (bicyclic) bond motifs is 1. The summed E-state index contributed by atoms with van der Waals surface area (Å²) < 4.78 is 42.7. The van der Waals surface area contributed by atoms with E-state index in [9.17, 15) is 0 Å². The van der Waals surface area contributed by atoms with Crippen LogP contribution >= 0.6 is 0 Å². The lowest BCUT2D eigenvalue weighted by atomic mass is 9.95. The number of rotatable bonds is 7. The van der Waals surface area contributed by atoms with Gasteiger partial charge in [0.1, 0.15) is 18.2 Å². The molecule has 2 aromatic carbocycles. The summed E-state index contributed by atoms with van der Waals surface area (Å²) in [6.07, 6.45) is -0.291. The number of hydrogen-bond donors (Lipinski definition) is 0. The van der Waals surface area contributed by atoms with Gasteiger partial charge in [0, 0.05) is 18.5 Å². The van der Waals surface area contributed by atoms with Crippen LogP contribution in [0.3, 0.4) is 0 Å². The van der Waals surface area contributed by atoms with Crippen molar-refractivity contribution in [2.75, 3.05) is 6.54 Å². The first-order valence-corrected chi connectivity index (χ1v) is 10.5. The van der Waals surface area contributed by atoms with Gasteiger partial charge >= 0.3 is 0 Å². The molecule has 0 radical (unpaired) electrons. The number of alkyl halides is 2. The minimum atomic E-state index is -2.79. The van der Waals surface area contributed by atoms with Gasteiger partial charge < -0.3 is 9.47 Å². The predicted octanol–water partition coefficient (Wildman–Crippen LogP) is 4.91. The van der Waals surface area contributed by atoms with E-state index in [1.54, 1.807) is 6.92 Å². The number of benzene rings is 2. The van der Waals surface area contributed by atoms with Gasteiger partial charge in [0.15, 0.2) is 0 Å². The lowest BCUT2D eigenvalue weighted by molar-refractivity contribution is -0.130. The van der Waals surface area contributed by atoms with Crippen molar-refractivity contribution in [3.63, 3.8) is 0 Å². The van der Waals surface area contributed by atoms with Crippen molar-refractivity contribution in [1.29, 1.82) is 0 Å². The first-order valence-electron chi connectivity index (χ1n) is 10.5. The second-order valence-corrected chi connectivity index (χ2v) is 8.22. The Kier molecular flexibility index (Phi) is 6.00. The number of hydrogen-bond acceptors (Lipinski definition) is 3. The molecule has 2 saturated heterocycles. The molecule has 0 saturated carbocycles. The van der Waals surface area contributed by atoms with Gasteiger partial charge in [-0.2, -0.15) is 0 Å². The number of nitrogens with zero attached hydrogens (tertiary/aromatic N) is 1. The monoisotopic (exact) mass is 401 g/mol. The molecule has 0 aromatic heterocycles. The fraction of sp³-hybridized carbons (Fsp3) is 0.500. The van der Waals surface area contributed by atoms with Crippen molar-refractivity contribution >= 4 is 0 Å². The van der Waals surface area contributed by atoms with Gasteiger partial charge in [-0.15, -0.1) is 0 Å². The topological polar surface area (TPSA) is 21.7 Å². The molecule has 0 aliphatic carbocycles. The molecule has 0 bridgehead atoms. The Morgan fingerprint density at radius 3 is 1.93 bits per heavy atom. The minimum Gasteiger partial charge on any atom is -0.369 e. The lowest BCUT2D eigenvalue weighted by Gasteiger charge is -2.30. The molecule has 2 aliphatic heterocycles. The molecule has 4 rings (SSSR count). The molecule has 0 spiro atoms. The van der Waals surface area contributed by atoms with Crippen molar-refractivity contribution in [2.24, 2.45) is 5.92 Å². The zero-order valence-corrected chi connectivity index (χ0v) is 17.0. The summed E-state index contributed by atoms with van der Waals surface area (Å²) in [4.78, 5) is 1.94. The van der Waals surface area contributed by atoms with E-state index in [-0.39, 0.29) is 12.1 Å². The van der Waals surface area contributed by atoms with E-state index in [2.05, 4.69) is 0 Å². The molecule has 2 aliphatic rings. The van der Waals surface area contributed by atoms with E-state index in [1.165, 1.54) is 0 Å². The summed E-state index contributed by atoms with van der Waals surface area (Å²) in [6.45, 7) is 4.77. The summed E-state index contributed by atoms with van der Waals surface area (Å²) in [5.41, 5.74) is 2.02. The van der Waals surface area contributed by atoms with E-state index in [0.29, 0.717) is 19.8 Å². The van der Waals surface area contributed by atoms with Gasteiger partial charge in [-0.1, -0.05) is 74.5 Å². The molecule has 0 N–H and O–H groups in total. The second kappa shape index (κ2) is 8.50. The zero-order chi connectivity index (χ0) is 20.4. The van der Waals surface area contributed by atoms with Crippen LogP contribution in [0.1, 0.15) is 31.4 Å². The fourth-order valence-corrected chi connectivity index (χ4v) is 4.79. The number of ether oxygens (including phenoxy) is 2. The summed E-state index contributed by atoms with van der Waals surface area (Å²) in [7, 11) is 0. The first kappa shape index (κ1) is 20.5. The molecular formula is C24H29F2NO2. The molecular weight excluding hydrogens is 372 g/mol. The van der Waals surface area contributed by atoms with Crippen molar-refractivity contribution in [2.45, 2.75) is 63.7 Å². The molecule has 5 atom stereocenters. The Labute approximate surface area is 171 Å². The van der Waals surface area contributed by atoms with Crippen LogP contribution < -0.4 is 0 Å². The Hall–Kier alpha value is -1.82. The van der Waals surface area contributed by atoms with Crippen molar-refractivity contribution in [3.8, 4) is 0 Å².